The quantitative estimate of drug-likeness (QED) is 0.421. The van der Waals surface area contributed by atoms with Crippen LogP contribution >= 0.6 is 11.3 Å². The van der Waals surface area contributed by atoms with Crippen LogP contribution in [0.3, 0.4) is 0 Å². The molecule has 2 atom stereocenters. The van der Waals surface area contributed by atoms with Crippen LogP contribution < -0.4 is 15.8 Å². The van der Waals surface area contributed by atoms with Gasteiger partial charge in [-0.15, -0.1) is 11.3 Å². The molecule has 180 valence electrons. The molecule has 2 aromatic carbocycles. The summed E-state index contributed by atoms with van der Waals surface area (Å²) >= 11 is 1.42. The van der Waals surface area contributed by atoms with E-state index in [-0.39, 0.29) is 23.3 Å². The molecule has 1 fully saturated rings. The number of nitrogens with one attached hydrogen (secondary N) is 1. The molecule has 0 aliphatic carbocycles. The van der Waals surface area contributed by atoms with Gasteiger partial charge in [0.15, 0.2) is 0 Å². The Labute approximate surface area is 209 Å². The van der Waals surface area contributed by atoms with Crippen molar-refractivity contribution in [2.75, 3.05) is 24.5 Å². The lowest BCUT2D eigenvalue weighted by atomic mass is 9.96. The normalized spacial score (nSPS) is 16.9. The highest BCUT2D eigenvalue weighted by molar-refractivity contribution is 7.17. The van der Waals surface area contributed by atoms with Crippen molar-refractivity contribution in [2.45, 2.75) is 32.6 Å². The standard InChI is InChI=1S/C28H30N4O2S/c1-19-10-12-23(13-11-19)32-27(34)25-24(14-16-35-25)30-28(32)31-15-6-9-22(18-31)26(33)29-17-20(2)21-7-4-3-5-8-21/h3-5,7-8,10-14,16,20,22H,6,9,15,17-18H2,1-2H3,(H,29,33)/t20-,22-/m1/s1. The Kier molecular flexibility index (Phi) is 6.68. The van der Waals surface area contributed by atoms with Crippen LogP contribution in [0.1, 0.15) is 36.8 Å². The largest absolute Gasteiger partial charge is 0.355 e. The molecule has 0 saturated carbocycles. The monoisotopic (exact) mass is 486 g/mol. The zero-order chi connectivity index (χ0) is 24.4. The van der Waals surface area contributed by atoms with E-state index in [0.29, 0.717) is 29.3 Å². The number of rotatable bonds is 6. The first-order chi connectivity index (χ1) is 17.0. The summed E-state index contributed by atoms with van der Waals surface area (Å²) in [5.41, 5.74) is 3.79. The van der Waals surface area contributed by atoms with Gasteiger partial charge in [-0.05, 0) is 54.8 Å². The van der Waals surface area contributed by atoms with Gasteiger partial charge in [-0.2, -0.15) is 0 Å². The molecule has 0 radical (unpaired) electrons. The van der Waals surface area contributed by atoms with Crippen LogP contribution in [0.2, 0.25) is 0 Å². The minimum absolute atomic E-state index is 0.0629. The summed E-state index contributed by atoms with van der Waals surface area (Å²) in [5.74, 6) is 0.778. The van der Waals surface area contributed by atoms with Crippen molar-refractivity contribution >= 4 is 33.4 Å². The lowest BCUT2D eigenvalue weighted by Gasteiger charge is -2.34. The predicted octanol–water partition coefficient (Wildman–Crippen LogP) is 4.89. The molecule has 1 aliphatic rings. The third-order valence-corrected chi connectivity index (χ3v) is 7.67. The fourth-order valence-corrected chi connectivity index (χ4v) is 5.47. The van der Waals surface area contributed by atoms with Crippen molar-refractivity contribution in [2.24, 2.45) is 5.92 Å². The van der Waals surface area contributed by atoms with Crippen LogP contribution in [-0.4, -0.2) is 35.1 Å². The molecule has 35 heavy (non-hydrogen) atoms. The molecule has 1 amide bonds. The Bertz CT molecular complexity index is 1380. The number of hydrogen-bond acceptors (Lipinski definition) is 5. The number of carbonyl (C=O) groups excluding carboxylic acids is 1. The number of piperidine rings is 1. The maximum absolute atomic E-state index is 13.5. The fourth-order valence-electron chi connectivity index (χ4n) is 4.71. The highest BCUT2D eigenvalue weighted by atomic mass is 32.1. The number of anilines is 1. The average molecular weight is 487 g/mol. The lowest BCUT2D eigenvalue weighted by Crippen LogP contribution is -2.45. The van der Waals surface area contributed by atoms with Crippen LogP contribution in [0, 0.1) is 12.8 Å². The molecule has 0 spiro atoms. The molecule has 6 nitrogen and oxygen atoms in total. The number of amides is 1. The average Bonchev–Trinajstić information content (AvgIpc) is 3.37. The number of fused-ring (bicyclic) bond motifs is 1. The molecule has 3 heterocycles. The number of hydrogen-bond donors (Lipinski definition) is 1. The van der Waals surface area contributed by atoms with Crippen molar-refractivity contribution in [3.63, 3.8) is 0 Å². The summed E-state index contributed by atoms with van der Waals surface area (Å²) in [6.07, 6.45) is 1.70. The Hall–Kier alpha value is -3.45. The highest BCUT2D eigenvalue weighted by Crippen LogP contribution is 2.27. The number of carbonyl (C=O) groups is 1. The molecule has 5 rings (SSSR count). The Morgan fingerprint density at radius 2 is 1.91 bits per heavy atom. The number of nitrogens with zero attached hydrogens (tertiary/aromatic N) is 3. The smallest absolute Gasteiger partial charge is 0.277 e. The van der Waals surface area contributed by atoms with E-state index in [1.165, 1.54) is 16.9 Å². The van der Waals surface area contributed by atoms with Crippen LogP contribution in [0.25, 0.3) is 15.9 Å². The van der Waals surface area contributed by atoms with Gasteiger partial charge >= 0.3 is 0 Å². The van der Waals surface area contributed by atoms with E-state index < -0.39 is 0 Å². The molecular formula is C28H30N4O2S. The van der Waals surface area contributed by atoms with Crippen molar-refractivity contribution < 1.29 is 4.79 Å². The maximum atomic E-state index is 13.5. The van der Waals surface area contributed by atoms with Gasteiger partial charge in [0.05, 0.1) is 17.1 Å². The van der Waals surface area contributed by atoms with Gasteiger partial charge in [0, 0.05) is 19.6 Å². The molecular weight excluding hydrogens is 456 g/mol. The van der Waals surface area contributed by atoms with Crippen LogP contribution in [0.4, 0.5) is 5.95 Å². The van der Waals surface area contributed by atoms with Gasteiger partial charge in [0.25, 0.3) is 5.56 Å². The lowest BCUT2D eigenvalue weighted by molar-refractivity contribution is -0.125. The first-order valence-electron chi connectivity index (χ1n) is 12.2. The van der Waals surface area contributed by atoms with Gasteiger partial charge in [0.2, 0.25) is 11.9 Å². The van der Waals surface area contributed by atoms with Crippen molar-refractivity contribution in [3.05, 3.63) is 87.5 Å². The Balaban J connectivity index is 1.39. The Morgan fingerprint density at radius 3 is 2.69 bits per heavy atom. The van der Waals surface area contributed by atoms with E-state index in [9.17, 15) is 9.59 Å². The van der Waals surface area contributed by atoms with Crippen LogP contribution in [0.5, 0.6) is 0 Å². The van der Waals surface area contributed by atoms with E-state index in [1.807, 2.05) is 60.8 Å². The van der Waals surface area contributed by atoms with Gasteiger partial charge in [-0.1, -0.05) is 55.0 Å². The highest BCUT2D eigenvalue weighted by Gasteiger charge is 2.29. The fraction of sp³-hybridized carbons (Fsp3) is 0.321. The second-order valence-electron chi connectivity index (χ2n) is 9.36. The van der Waals surface area contributed by atoms with E-state index in [2.05, 4.69) is 29.3 Å². The number of thiophene rings is 1. The molecule has 1 saturated heterocycles. The SMILES string of the molecule is Cc1ccc(-n2c(N3CCC[C@@H](C(=O)NC[C@@H](C)c4ccccc4)C3)nc3ccsc3c2=O)cc1. The first-order valence-corrected chi connectivity index (χ1v) is 13.0. The Morgan fingerprint density at radius 1 is 1.14 bits per heavy atom. The maximum Gasteiger partial charge on any atom is 0.277 e. The predicted molar refractivity (Wildman–Crippen MR) is 143 cm³/mol. The first kappa shape index (κ1) is 23.3. The molecule has 1 N–H and O–H groups in total. The summed E-state index contributed by atoms with van der Waals surface area (Å²) < 4.78 is 2.35. The molecule has 7 heteroatoms. The van der Waals surface area contributed by atoms with E-state index >= 15 is 0 Å². The number of aryl methyl sites for hydroxylation is 1. The third-order valence-electron chi connectivity index (χ3n) is 6.78. The molecule has 0 bridgehead atoms. The minimum atomic E-state index is -0.145. The zero-order valence-electron chi connectivity index (χ0n) is 20.1. The zero-order valence-corrected chi connectivity index (χ0v) is 20.9. The molecule has 0 unspecified atom stereocenters. The summed E-state index contributed by atoms with van der Waals surface area (Å²) in [5, 5.41) is 5.06. The van der Waals surface area contributed by atoms with Gasteiger partial charge < -0.3 is 10.2 Å². The van der Waals surface area contributed by atoms with Crippen molar-refractivity contribution in [1.29, 1.82) is 0 Å². The van der Waals surface area contributed by atoms with Gasteiger partial charge in [-0.25, -0.2) is 9.55 Å². The number of benzene rings is 2. The topological polar surface area (TPSA) is 67.2 Å². The van der Waals surface area contributed by atoms with Gasteiger partial charge in [0.1, 0.15) is 4.70 Å². The van der Waals surface area contributed by atoms with Crippen molar-refractivity contribution in [1.82, 2.24) is 14.9 Å². The van der Waals surface area contributed by atoms with Crippen LogP contribution in [0.15, 0.2) is 70.8 Å². The summed E-state index contributed by atoms with van der Waals surface area (Å²) in [4.78, 5) is 33.6. The summed E-state index contributed by atoms with van der Waals surface area (Å²) in [7, 11) is 0. The van der Waals surface area contributed by atoms with E-state index in [0.717, 1.165) is 30.6 Å². The van der Waals surface area contributed by atoms with Crippen LogP contribution in [-0.2, 0) is 4.79 Å². The molecule has 1 aliphatic heterocycles. The minimum Gasteiger partial charge on any atom is -0.355 e. The van der Waals surface area contributed by atoms with Crippen molar-refractivity contribution in [3.8, 4) is 5.69 Å². The third kappa shape index (κ3) is 4.86. The molecule has 2 aromatic heterocycles. The second-order valence-corrected chi connectivity index (χ2v) is 10.3. The number of aromatic nitrogens is 2. The summed E-state index contributed by atoms with van der Waals surface area (Å²) in [6, 6.07) is 20.1. The summed E-state index contributed by atoms with van der Waals surface area (Å²) in [6.45, 7) is 6.06. The van der Waals surface area contributed by atoms with E-state index in [4.69, 9.17) is 4.98 Å². The van der Waals surface area contributed by atoms with E-state index in [1.54, 1.807) is 4.57 Å². The molecule has 4 aromatic rings. The van der Waals surface area contributed by atoms with Gasteiger partial charge in [-0.3, -0.25) is 9.59 Å². The second kappa shape index (κ2) is 10.0.